The number of hydrogen-bond acceptors (Lipinski definition) is 6. The molecule has 2 atom stereocenters. The van der Waals surface area contributed by atoms with Crippen molar-refractivity contribution >= 4 is 23.5 Å². The van der Waals surface area contributed by atoms with Crippen molar-refractivity contribution in [2.75, 3.05) is 5.32 Å². The molecule has 6 N–H and O–H groups in total. The van der Waals surface area contributed by atoms with Crippen molar-refractivity contribution in [2.24, 2.45) is 11.7 Å². The lowest BCUT2D eigenvalue weighted by Crippen LogP contribution is -2.44. The van der Waals surface area contributed by atoms with E-state index in [0.29, 0.717) is 12.2 Å². The largest absolute Gasteiger partial charge is 0.490 e. The lowest BCUT2D eigenvalue weighted by Gasteiger charge is -2.30. The number of alkyl halides is 6. The smallest absolute Gasteiger partial charge is 0.475 e. The van der Waals surface area contributed by atoms with Crippen LogP contribution in [-0.2, 0) is 22.3 Å². The van der Waals surface area contributed by atoms with Gasteiger partial charge in [-0.2, -0.15) is 31.0 Å². The average Bonchev–Trinajstić information content (AvgIpc) is 3.27. The van der Waals surface area contributed by atoms with Crippen molar-refractivity contribution in [1.82, 2.24) is 20.1 Å². The van der Waals surface area contributed by atoms with Crippen molar-refractivity contribution < 1.29 is 41.0 Å². The molecule has 1 amide bonds. The summed E-state index contributed by atoms with van der Waals surface area (Å²) < 4.78 is 71.5. The molecule has 222 valence electrons. The number of aromatic nitrogens is 3. The maximum Gasteiger partial charge on any atom is 0.490 e. The number of carboxylic acid groups (broad SMARTS) is 1. The van der Waals surface area contributed by atoms with E-state index in [2.05, 4.69) is 20.7 Å². The summed E-state index contributed by atoms with van der Waals surface area (Å²) >= 11 is 0. The Morgan fingerprint density at radius 1 is 1.05 bits per heavy atom. The van der Waals surface area contributed by atoms with E-state index in [0.717, 1.165) is 48.1 Å². The van der Waals surface area contributed by atoms with Crippen molar-refractivity contribution in [3.63, 3.8) is 0 Å². The zero-order valence-corrected chi connectivity index (χ0v) is 21.2. The van der Waals surface area contributed by atoms with Crippen LogP contribution in [0.25, 0.3) is 5.69 Å². The Hall–Kier alpha value is -4.34. The van der Waals surface area contributed by atoms with Crippen LogP contribution < -0.4 is 22.1 Å². The SMILES string of the molecule is NC(=O)C1CCCCC1NCc1ccc(Nc2nn(-c3cccc(C(F)(F)F)c3)c(=O)[nH]2)cc1.O=C(O)C(F)(F)F. The van der Waals surface area contributed by atoms with Crippen molar-refractivity contribution in [1.29, 1.82) is 0 Å². The second-order valence-corrected chi connectivity index (χ2v) is 9.14. The molecule has 1 fully saturated rings. The van der Waals surface area contributed by atoms with Gasteiger partial charge in [0, 0.05) is 18.3 Å². The Morgan fingerprint density at radius 2 is 1.68 bits per heavy atom. The van der Waals surface area contributed by atoms with Gasteiger partial charge in [-0.3, -0.25) is 9.78 Å². The van der Waals surface area contributed by atoms with Crippen molar-refractivity contribution in [2.45, 2.75) is 50.6 Å². The summed E-state index contributed by atoms with van der Waals surface area (Å²) in [5.74, 6) is -3.08. The Kier molecular flexibility index (Phi) is 9.80. The van der Waals surface area contributed by atoms with Crippen LogP contribution in [0.2, 0.25) is 0 Å². The molecule has 0 aliphatic heterocycles. The molecule has 0 radical (unpaired) electrons. The van der Waals surface area contributed by atoms with Gasteiger partial charge in [-0.1, -0.05) is 31.0 Å². The first-order chi connectivity index (χ1) is 19.1. The Bertz CT molecular complexity index is 1400. The first-order valence-corrected chi connectivity index (χ1v) is 12.2. The monoisotopic (exact) mass is 588 g/mol. The van der Waals surface area contributed by atoms with Gasteiger partial charge in [-0.15, -0.1) is 5.10 Å². The lowest BCUT2D eigenvalue weighted by atomic mass is 9.84. The molecule has 1 aromatic heterocycles. The highest BCUT2D eigenvalue weighted by molar-refractivity contribution is 5.77. The van der Waals surface area contributed by atoms with Crippen LogP contribution in [0.3, 0.4) is 0 Å². The third-order valence-corrected chi connectivity index (χ3v) is 6.19. The topological polar surface area (TPSA) is 155 Å². The van der Waals surface area contributed by atoms with Gasteiger partial charge in [0.15, 0.2) is 0 Å². The normalized spacial score (nSPS) is 17.3. The zero-order valence-electron chi connectivity index (χ0n) is 21.2. The highest BCUT2D eigenvalue weighted by Gasteiger charge is 2.38. The number of rotatable bonds is 7. The van der Waals surface area contributed by atoms with Gasteiger partial charge in [0.2, 0.25) is 11.9 Å². The third kappa shape index (κ3) is 8.83. The maximum absolute atomic E-state index is 13.0. The molecule has 1 saturated carbocycles. The molecular formula is C25H26F6N6O4. The van der Waals surface area contributed by atoms with Crippen LogP contribution >= 0.6 is 0 Å². The number of nitrogens with one attached hydrogen (secondary N) is 3. The van der Waals surface area contributed by atoms with Gasteiger partial charge in [-0.25, -0.2) is 9.59 Å². The highest BCUT2D eigenvalue weighted by atomic mass is 19.4. The number of carbonyl (C=O) groups excluding carboxylic acids is 1. The van der Waals surface area contributed by atoms with Gasteiger partial charge in [0.1, 0.15) is 0 Å². The summed E-state index contributed by atoms with van der Waals surface area (Å²) in [5, 5.41) is 17.5. The van der Waals surface area contributed by atoms with E-state index in [1.54, 1.807) is 12.1 Å². The number of aromatic amines is 1. The fourth-order valence-corrected chi connectivity index (χ4v) is 4.18. The predicted octanol–water partition coefficient (Wildman–Crippen LogP) is 4.09. The van der Waals surface area contributed by atoms with E-state index in [1.165, 1.54) is 12.1 Å². The van der Waals surface area contributed by atoms with E-state index in [-0.39, 0.29) is 29.5 Å². The minimum atomic E-state index is -5.08. The molecule has 1 heterocycles. The Balaban J connectivity index is 0.000000587. The number of carbonyl (C=O) groups is 2. The van der Waals surface area contributed by atoms with Crippen LogP contribution in [-0.4, -0.2) is 44.0 Å². The number of carboxylic acids is 1. The molecule has 1 aliphatic rings. The van der Waals surface area contributed by atoms with Crippen LogP contribution in [0.5, 0.6) is 0 Å². The standard InChI is InChI=1S/C23H25F3N6O2.C2HF3O2/c24-23(25,26)15-4-3-5-17(12-15)32-22(34)30-21(31-32)29-16-10-8-14(9-11-16)13-28-19-7-2-1-6-18(19)20(27)33;3-2(4,5)1(6)7/h3-5,8-12,18-19,28H,1-2,6-7,13H2,(H2,27,33)(H2,29,30,31,34);(H,6,7). The maximum atomic E-state index is 13.0. The summed E-state index contributed by atoms with van der Waals surface area (Å²) in [6.45, 7) is 0.579. The summed E-state index contributed by atoms with van der Waals surface area (Å²) in [4.78, 5) is 35.3. The fourth-order valence-electron chi connectivity index (χ4n) is 4.18. The molecule has 4 rings (SSSR count). The number of primary amides is 1. The number of anilines is 2. The van der Waals surface area contributed by atoms with Gasteiger partial charge in [-0.05, 0) is 48.7 Å². The van der Waals surface area contributed by atoms with Gasteiger partial charge < -0.3 is 21.5 Å². The second-order valence-electron chi connectivity index (χ2n) is 9.14. The predicted molar refractivity (Wildman–Crippen MR) is 134 cm³/mol. The van der Waals surface area contributed by atoms with Crippen LogP contribution in [0.15, 0.2) is 53.3 Å². The average molecular weight is 589 g/mol. The van der Waals surface area contributed by atoms with E-state index in [1.807, 2.05) is 12.1 Å². The number of hydrogen-bond donors (Lipinski definition) is 5. The van der Waals surface area contributed by atoms with E-state index < -0.39 is 29.6 Å². The molecule has 41 heavy (non-hydrogen) atoms. The first-order valence-electron chi connectivity index (χ1n) is 12.2. The molecule has 0 bridgehead atoms. The number of H-pyrrole nitrogens is 1. The number of nitrogens with zero attached hydrogens (tertiary/aromatic N) is 2. The molecule has 2 unspecified atom stereocenters. The summed E-state index contributed by atoms with van der Waals surface area (Å²) in [6.07, 6.45) is -5.81. The van der Waals surface area contributed by atoms with E-state index in [4.69, 9.17) is 15.6 Å². The van der Waals surface area contributed by atoms with Crippen LogP contribution in [0, 0.1) is 5.92 Å². The van der Waals surface area contributed by atoms with Gasteiger partial charge in [0.25, 0.3) is 0 Å². The van der Waals surface area contributed by atoms with Gasteiger partial charge in [0.05, 0.1) is 17.2 Å². The minimum Gasteiger partial charge on any atom is -0.475 e. The summed E-state index contributed by atoms with van der Waals surface area (Å²) in [7, 11) is 0. The third-order valence-electron chi connectivity index (χ3n) is 6.19. The molecular weight excluding hydrogens is 562 g/mol. The van der Waals surface area contributed by atoms with Gasteiger partial charge >= 0.3 is 24.0 Å². The highest BCUT2D eigenvalue weighted by Crippen LogP contribution is 2.30. The van der Waals surface area contributed by atoms with E-state index >= 15 is 0 Å². The summed E-state index contributed by atoms with van der Waals surface area (Å²) in [5.41, 5.74) is 5.64. The number of amides is 1. The molecule has 1 aliphatic carbocycles. The quantitative estimate of drug-likeness (QED) is 0.261. The number of nitrogens with two attached hydrogens (primary N) is 1. The Labute approximate surface area is 228 Å². The number of aliphatic carboxylic acids is 1. The zero-order chi connectivity index (χ0) is 30.4. The van der Waals surface area contributed by atoms with Crippen molar-refractivity contribution in [3.05, 3.63) is 70.1 Å². The molecule has 0 spiro atoms. The van der Waals surface area contributed by atoms with Crippen LogP contribution in [0.4, 0.5) is 38.0 Å². The molecule has 10 nitrogen and oxygen atoms in total. The molecule has 0 saturated heterocycles. The lowest BCUT2D eigenvalue weighted by molar-refractivity contribution is -0.192. The van der Waals surface area contributed by atoms with E-state index in [9.17, 15) is 35.9 Å². The van der Waals surface area contributed by atoms with Crippen molar-refractivity contribution in [3.8, 4) is 5.69 Å². The first kappa shape index (κ1) is 31.2. The molecule has 3 aromatic rings. The second kappa shape index (κ2) is 12.9. The Morgan fingerprint density at radius 3 is 2.27 bits per heavy atom. The molecule has 2 aromatic carbocycles. The summed E-state index contributed by atoms with van der Waals surface area (Å²) in [6, 6.07) is 11.8. The minimum absolute atomic E-state index is 0.00234. The van der Waals surface area contributed by atoms with Crippen LogP contribution in [0.1, 0.15) is 36.8 Å². The molecule has 16 heteroatoms. The number of benzene rings is 2. The number of halogens is 6. The fraction of sp³-hybridized carbons (Fsp3) is 0.360.